The van der Waals surface area contributed by atoms with Gasteiger partial charge < -0.3 is 10.2 Å². The third-order valence-electron chi connectivity index (χ3n) is 3.42. The molecular formula is C14H14BrN3S2. The normalized spacial score (nSPS) is 22.1. The summed E-state index contributed by atoms with van der Waals surface area (Å²) in [7, 11) is 0. The third-order valence-corrected chi connectivity index (χ3v) is 5.47. The minimum Gasteiger partial charge on any atom is -0.352 e. The van der Waals surface area contributed by atoms with Crippen molar-refractivity contribution in [2.75, 3.05) is 6.54 Å². The fourth-order valence-corrected chi connectivity index (χ4v) is 4.49. The van der Waals surface area contributed by atoms with Crippen molar-refractivity contribution in [3.8, 4) is 0 Å². The molecule has 2 aromatic rings. The minimum absolute atomic E-state index is 0.106. The highest BCUT2D eigenvalue weighted by molar-refractivity contribution is 9.11. The average Bonchev–Trinajstić information content (AvgIpc) is 3.03. The van der Waals surface area contributed by atoms with Crippen LogP contribution in [0.25, 0.3) is 0 Å². The Morgan fingerprint density at radius 2 is 2.25 bits per heavy atom. The highest BCUT2D eigenvalue weighted by Gasteiger charge is 2.39. The Morgan fingerprint density at radius 1 is 1.40 bits per heavy atom. The van der Waals surface area contributed by atoms with Crippen LogP contribution in [0.2, 0.25) is 0 Å². The van der Waals surface area contributed by atoms with Gasteiger partial charge in [0.2, 0.25) is 0 Å². The summed E-state index contributed by atoms with van der Waals surface area (Å²) in [6.45, 7) is 3.01. The molecule has 1 N–H and O–H groups in total. The van der Waals surface area contributed by atoms with Crippen molar-refractivity contribution < 1.29 is 0 Å². The number of hydrogen-bond acceptors (Lipinski definition) is 3. The molecule has 3 heterocycles. The molecule has 104 valence electrons. The van der Waals surface area contributed by atoms with Crippen LogP contribution in [-0.4, -0.2) is 21.5 Å². The van der Waals surface area contributed by atoms with Gasteiger partial charge in [-0.1, -0.05) is 6.07 Å². The number of rotatable bonds is 3. The highest BCUT2D eigenvalue weighted by atomic mass is 79.9. The lowest BCUT2D eigenvalue weighted by Crippen LogP contribution is -2.28. The molecule has 0 aromatic carbocycles. The lowest BCUT2D eigenvalue weighted by atomic mass is 10.0. The molecule has 2 unspecified atom stereocenters. The Morgan fingerprint density at radius 3 is 2.85 bits per heavy atom. The van der Waals surface area contributed by atoms with E-state index in [9.17, 15) is 0 Å². The van der Waals surface area contributed by atoms with Gasteiger partial charge in [0.25, 0.3) is 0 Å². The summed E-state index contributed by atoms with van der Waals surface area (Å²) in [6.07, 6.45) is 1.83. The summed E-state index contributed by atoms with van der Waals surface area (Å²) >= 11 is 10.8. The maximum atomic E-state index is 5.48. The van der Waals surface area contributed by atoms with Crippen LogP contribution in [0.4, 0.5) is 0 Å². The molecule has 0 amide bonds. The molecule has 0 saturated carbocycles. The first-order valence-electron chi connectivity index (χ1n) is 6.44. The van der Waals surface area contributed by atoms with Gasteiger partial charge in [-0.3, -0.25) is 4.98 Å². The summed E-state index contributed by atoms with van der Waals surface area (Å²) in [4.78, 5) is 8.01. The molecule has 2 aromatic heterocycles. The van der Waals surface area contributed by atoms with Crippen LogP contribution in [0.1, 0.15) is 29.6 Å². The number of thiophene rings is 1. The van der Waals surface area contributed by atoms with E-state index in [4.69, 9.17) is 12.2 Å². The lowest BCUT2D eigenvalue weighted by Gasteiger charge is -2.25. The smallest absolute Gasteiger partial charge is 0.170 e. The van der Waals surface area contributed by atoms with Crippen molar-refractivity contribution in [3.63, 3.8) is 0 Å². The molecule has 1 fully saturated rings. The highest BCUT2D eigenvalue weighted by Crippen LogP contribution is 2.41. The number of hydrogen-bond donors (Lipinski definition) is 1. The molecule has 0 aliphatic carbocycles. The van der Waals surface area contributed by atoms with E-state index in [0.29, 0.717) is 0 Å². The van der Waals surface area contributed by atoms with Gasteiger partial charge in [-0.25, -0.2) is 0 Å². The van der Waals surface area contributed by atoms with Crippen LogP contribution >= 0.6 is 39.5 Å². The molecule has 1 aliphatic heterocycles. The Bertz CT molecular complexity index is 614. The zero-order valence-corrected chi connectivity index (χ0v) is 14.1. The first-order chi connectivity index (χ1) is 9.70. The average molecular weight is 368 g/mol. The Labute approximate surface area is 136 Å². The molecular weight excluding hydrogens is 354 g/mol. The van der Waals surface area contributed by atoms with E-state index >= 15 is 0 Å². The zero-order chi connectivity index (χ0) is 14.1. The predicted octanol–water partition coefficient (Wildman–Crippen LogP) is 3.90. The van der Waals surface area contributed by atoms with E-state index < -0.39 is 0 Å². The van der Waals surface area contributed by atoms with Crippen molar-refractivity contribution in [2.45, 2.75) is 19.0 Å². The monoisotopic (exact) mass is 367 g/mol. The zero-order valence-electron chi connectivity index (χ0n) is 10.9. The summed E-state index contributed by atoms with van der Waals surface area (Å²) < 4.78 is 1.14. The maximum Gasteiger partial charge on any atom is 0.170 e. The van der Waals surface area contributed by atoms with E-state index in [2.05, 4.69) is 56.3 Å². The molecule has 6 heteroatoms. The van der Waals surface area contributed by atoms with Crippen LogP contribution in [-0.2, 0) is 0 Å². The third kappa shape index (κ3) is 2.47. The van der Waals surface area contributed by atoms with Crippen LogP contribution in [0.15, 0.2) is 40.3 Å². The molecule has 0 bridgehead atoms. The van der Waals surface area contributed by atoms with E-state index in [-0.39, 0.29) is 12.1 Å². The summed E-state index contributed by atoms with van der Waals surface area (Å²) in [5.41, 5.74) is 1.03. The second-order valence-electron chi connectivity index (χ2n) is 4.55. The van der Waals surface area contributed by atoms with E-state index in [1.54, 1.807) is 11.3 Å². The van der Waals surface area contributed by atoms with E-state index in [1.165, 1.54) is 4.88 Å². The molecule has 0 radical (unpaired) electrons. The second-order valence-corrected chi connectivity index (χ2v) is 7.44. The van der Waals surface area contributed by atoms with Crippen LogP contribution in [0, 0.1) is 0 Å². The molecule has 3 rings (SSSR count). The van der Waals surface area contributed by atoms with Gasteiger partial charge in [-0.15, -0.1) is 11.3 Å². The van der Waals surface area contributed by atoms with Gasteiger partial charge in [0, 0.05) is 17.6 Å². The molecule has 0 spiro atoms. The fourth-order valence-electron chi connectivity index (χ4n) is 2.54. The van der Waals surface area contributed by atoms with Crippen molar-refractivity contribution in [1.82, 2.24) is 15.2 Å². The van der Waals surface area contributed by atoms with E-state index in [1.807, 2.05) is 18.3 Å². The first-order valence-corrected chi connectivity index (χ1v) is 8.45. The van der Waals surface area contributed by atoms with Gasteiger partial charge in [0.05, 0.1) is 21.6 Å². The Kier molecular flexibility index (Phi) is 4.05. The van der Waals surface area contributed by atoms with Gasteiger partial charge >= 0.3 is 0 Å². The minimum atomic E-state index is 0.106. The largest absolute Gasteiger partial charge is 0.352 e. The van der Waals surface area contributed by atoms with Crippen LogP contribution in [0.3, 0.4) is 0 Å². The SMILES string of the molecule is CCN1C(=S)NC(c2ccccn2)C1c1ccc(Br)s1. The molecule has 20 heavy (non-hydrogen) atoms. The topological polar surface area (TPSA) is 28.2 Å². The number of nitrogens with one attached hydrogen (secondary N) is 1. The summed E-state index contributed by atoms with van der Waals surface area (Å²) in [6, 6.07) is 10.6. The molecule has 2 atom stereocenters. The van der Waals surface area contributed by atoms with Crippen molar-refractivity contribution in [1.29, 1.82) is 0 Å². The Balaban J connectivity index is 2.02. The number of pyridine rings is 1. The van der Waals surface area contributed by atoms with E-state index in [0.717, 1.165) is 21.1 Å². The van der Waals surface area contributed by atoms with Crippen molar-refractivity contribution in [2.24, 2.45) is 0 Å². The predicted molar refractivity (Wildman–Crippen MR) is 89.9 cm³/mol. The standard InChI is InChI=1S/C14H14BrN3S2/c1-2-18-13(10-6-7-11(15)20-10)12(17-14(18)19)9-5-3-4-8-16-9/h3-8,12-13H,2H2,1H3,(H,17,19). The Hall–Kier alpha value is -0.980. The summed E-state index contributed by atoms with van der Waals surface area (Å²) in [5, 5.41) is 4.22. The van der Waals surface area contributed by atoms with Gasteiger partial charge in [-0.2, -0.15) is 0 Å². The lowest BCUT2D eigenvalue weighted by molar-refractivity contribution is 0.335. The number of aromatic nitrogens is 1. The number of halogens is 1. The van der Waals surface area contributed by atoms with Crippen LogP contribution in [0.5, 0.6) is 0 Å². The van der Waals surface area contributed by atoms with Gasteiger partial charge in [0.15, 0.2) is 5.11 Å². The second kappa shape index (κ2) is 5.79. The molecule has 1 aliphatic rings. The number of likely N-dealkylation sites (N-methyl/N-ethyl adjacent to an activating group) is 1. The molecule has 1 saturated heterocycles. The van der Waals surface area contributed by atoms with Crippen molar-refractivity contribution >= 4 is 44.6 Å². The first kappa shape index (κ1) is 14.0. The van der Waals surface area contributed by atoms with Gasteiger partial charge in [-0.05, 0) is 59.3 Å². The number of nitrogens with zero attached hydrogens (tertiary/aromatic N) is 2. The number of thiocarbonyl (C=S) groups is 1. The fraction of sp³-hybridized carbons (Fsp3) is 0.286. The van der Waals surface area contributed by atoms with Crippen LogP contribution < -0.4 is 5.32 Å². The van der Waals surface area contributed by atoms with Crippen molar-refractivity contribution in [3.05, 3.63) is 50.9 Å². The molecule has 3 nitrogen and oxygen atoms in total. The quantitative estimate of drug-likeness (QED) is 0.832. The maximum absolute atomic E-state index is 5.48. The summed E-state index contributed by atoms with van der Waals surface area (Å²) in [5.74, 6) is 0. The van der Waals surface area contributed by atoms with Gasteiger partial charge in [0.1, 0.15) is 0 Å².